The maximum absolute atomic E-state index is 12.8. The van der Waals surface area contributed by atoms with Crippen LogP contribution < -0.4 is 10.6 Å². The number of carbonyl (C=O) groups is 2. The SMILES string of the molecule is CCCn1c(=O)n(CC(=O)OCC(=O)N(c2ccccc2)C(C)C)c2ccccc21. The second kappa shape index (κ2) is 9.43. The number of ether oxygens (including phenoxy) is 1. The zero-order chi connectivity index (χ0) is 21.7. The number of amides is 1. The number of aromatic nitrogens is 2. The number of esters is 1. The minimum Gasteiger partial charge on any atom is -0.454 e. The number of nitrogens with zero attached hydrogens (tertiary/aromatic N) is 3. The van der Waals surface area contributed by atoms with E-state index in [1.165, 1.54) is 4.57 Å². The number of anilines is 1. The molecular weight excluding hydrogens is 382 g/mol. The second-order valence-corrected chi connectivity index (χ2v) is 7.36. The zero-order valence-electron chi connectivity index (χ0n) is 17.6. The summed E-state index contributed by atoms with van der Waals surface area (Å²) in [6.45, 7) is 5.74. The number of rotatable bonds is 8. The fourth-order valence-corrected chi connectivity index (χ4v) is 3.57. The van der Waals surface area contributed by atoms with Gasteiger partial charge in [-0.2, -0.15) is 0 Å². The van der Waals surface area contributed by atoms with Gasteiger partial charge in [0.05, 0.1) is 11.0 Å². The summed E-state index contributed by atoms with van der Waals surface area (Å²) in [5.74, 6) is -0.938. The third-order valence-corrected chi connectivity index (χ3v) is 4.84. The Kier molecular flexibility index (Phi) is 6.72. The number of benzene rings is 2. The van der Waals surface area contributed by atoms with Crippen LogP contribution in [0.2, 0.25) is 0 Å². The monoisotopic (exact) mass is 409 g/mol. The van der Waals surface area contributed by atoms with E-state index in [0.29, 0.717) is 12.1 Å². The average molecular weight is 409 g/mol. The lowest BCUT2D eigenvalue weighted by Gasteiger charge is -2.26. The van der Waals surface area contributed by atoms with Crippen LogP contribution in [0.1, 0.15) is 27.2 Å². The highest BCUT2D eigenvalue weighted by molar-refractivity contribution is 5.95. The van der Waals surface area contributed by atoms with E-state index in [2.05, 4.69) is 0 Å². The highest BCUT2D eigenvalue weighted by atomic mass is 16.5. The van der Waals surface area contributed by atoms with Crippen molar-refractivity contribution >= 4 is 28.6 Å². The maximum Gasteiger partial charge on any atom is 0.329 e. The molecule has 0 fully saturated rings. The molecule has 30 heavy (non-hydrogen) atoms. The first-order valence-corrected chi connectivity index (χ1v) is 10.1. The van der Waals surface area contributed by atoms with Gasteiger partial charge in [0.2, 0.25) is 0 Å². The first-order chi connectivity index (χ1) is 14.4. The molecule has 3 aromatic rings. The Labute approximate surface area is 175 Å². The van der Waals surface area contributed by atoms with Crippen LogP contribution in [-0.4, -0.2) is 33.7 Å². The minimum atomic E-state index is -0.624. The molecule has 7 nitrogen and oxygen atoms in total. The van der Waals surface area contributed by atoms with Crippen LogP contribution in [-0.2, 0) is 27.4 Å². The van der Waals surface area contributed by atoms with E-state index in [9.17, 15) is 14.4 Å². The summed E-state index contributed by atoms with van der Waals surface area (Å²) in [5, 5.41) is 0. The lowest BCUT2D eigenvalue weighted by atomic mass is 10.2. The Balaban J connectivity index is 1.73. The average Bonchev–Trinajstić information content (AvgIpc) is 2.99. The summed E-state index contributed by atoms with van der Waals surface area (Å²) in [4.78, 5) is 39.5. The van der Waals surface area contributed by atoms with Crippen LogP contribution in [0.15, 0.2) is 59.4 Å². The van der Waals surface area contributed by atoms with Gasteiger partial charge in [0.25, 0.3) is 5.91 Å². The number of fused-ring (bicyclic) bond motifs is 1. The van der Waals surface area contributed by atoms with Crippen LogP contribution in [0.4, 0.5) is 5.69 Å². The molecule has 2 aromatic carbocycles. The molecule has 1 amide bonds. The smallest absolute Gasteiger partial charge is 0.329 e. The molecule has 0 aliphatic heterocycles. The highest BCUT2D eigenvalue weighted by Gasteiger charge is 2.21. The molecule has 0 N–H and O–H groups in total. The quantitative estimate of drug-likeness (QED) is 0.536. The predicted molar refractivity (Wildman–Crippen MR) is 117 cm³/mol. The molecule has 0 aliphatic rings. The van der Waals surface area contributed by atoms with E-state index >= 15 is 0 Å². The summed E-state index contributed by atoms with van der Waals surface area (Å²) in [6.07, 6.45) is 0.803. The number of carbonyl (C=O) groups excluding carboxylic acids is 2. The van der Waals surface area contributed by atoms with Crippen LogP contribution in [0.25, 0.3) is 11.0 Å². The molecule has 0 unspecified atom stereocenters. The fraction of sp³-hybridized carbons (Fsp3) is 0.348. The number of para-hydroxylation sites is 3. The van der Waals surface area contributed by atoms with Crippen molar-refractivity contribution in [3.63, 3.8) is 0 Å². The number of hydrogen-bond acceptors (Lipinski definition) is 4. The molecule has 0 bridgehead atoms. The van der Waals surface area contributed by atoms with E-state index in [1.807, 2.05) is 69.3 Å². The van der Waals surface area contributed by atoms with Gasteiger partial charge in [-0.1, -0.05) is 37.3 Å². The van der Waals surface area contributed by atoms with Crippen molar-refractivity contribution in [1.29, 1.82) is 0 Å². The first-order valence-electron chi connectivity index (χ1n) is 10.1. The summed E-state index contributed by atoms with van der Waals surface area (Å²) in [5.41, 5.74) is 1.94. The van der Waals surface area contributed by atoms with Crippen molar-refractivity contribution < 1.29 is 14.3 Å². The molecule has 0 atom stereocenters. The zero-order valence-corrected chi connectivity index (χ0v) is 17.6. The van der Waals surface area contributed by atoms with Gasteiger partial charge in [0.1, 0.15) is 6.54 Å². The van der Waals surface area contributed by atoms with Gasteiger partial charge in [-0.15, -0.1) is 0 Å². The van der Waals surface area contributed by atoms with Crippen molar-refractivity contribution in [2.45, 2.75) is 46.3 Å². The molecule has 3 rings (SSSR count). The van der Waals surface area contributed by atoms with Gasteiger partial charge in [0, 0.05) is 18.3 Å². The number of imidazole rings is 1. The Morgan fingerprint density at radius 2 is 1.57 bits per heavy atom. The summed E-state index contributed by atoms with van der Waals surface area (Å²) in [6, 6.07) is 16.5. The molecule has 0 saturated carbocycles. The summed E-state index contributed by atoms with van der Waals surface area (Å²) >= 11 is 0. The van der Waals surface area contributed by atoms with Crippen molar-refractivity contribution in [3.8, 4) is 0 Å². The van der Waals surface area contributed by atoms with Crippen LogP contribution in [0.3, 0.4) is 0 Å². The van der Waals surface area contributed by atoms with Gasteiger partial charge < -0.3 is 9.64 Å². The second-order valence-electron chi connectivity index (χ2n) is 7.36. The van der Waals surface area contributed by atoms with Crippen LogP contribution in [0.5, 0.6) is 0 Å². The fourth-order valence-electron chi connectivity index (χ4n) is 3.57. The van der Waals surface area contributed by atoms with Gasteiger partial charge in [-0.25, -0.2) is 4.79 Å². The van der Waals surface area contributed by atoms with E-state index in [-0.39, 0.29) is 30.8 Å². The van der Waals surface area contributed by atoms with Crippen molar-refractivity contribution in [3.05, 3.63) is 65.1 Å². The van der Waals surface area contributed by atoms with E-state index < -0.39 is 5.97 Å². The molecular formula is C23H27N3O4. The molecule has 0 aliphatic carbocycles. The number of hydrogen-bond donors (Lipinski definition) is 0. The Bertz CT molecular complexity index is 1080. The number of aryl methyl sites for hydroxylation is 1. The summed E-state index contributed by atoms with van der Waals surface area (Å²) < 4.78 is 8.29. The third-order valence-electron chi connectivity index (χ3n) is 4.84. The first kappa shape index (κ1) is 21.4. The Morgan fingerprint density at radius 3 is 2.17 bits per heavy atom. The topological polar surface area (TPSA) is 73.5 Å². The highest BCUT2D eigenvalue weighted by Crippen LogP contribution is 2.17. The van der Waals surface area contributed by atoms with Crippen LogP contribution in [0, 0.1) is 0 Å². The van der Waals surface area contributed by atoms with Gasteiger partial charge in [-0.05, 0) is 44.5 Å². The molecule has 7 heteroatoms. The Hall–Kier alpha value is -3.35. The van der Waals surface area contributed by atoms with Gasteiger partial charge in [0.15, 0.2) is 6.61 Å². The third kappa shape index (κ3) is 4.45. The standard InChI is InChI=1S/C23H27N3O4/c1-4-14-24-19-12-8-9-13-20(19)25(23(24)29)15-22(28)30-16-21(27)26(17(2)3)18-10-6-5-7-11-18/h5-13,17H,4,14-16H2,1-3H3. The molecule has 1 heterocycles. The van der Waals surface area contributed by atoms with Crippen molar-refractivity contribution in [2.24, 2.45) is 0 Å². The molecule has 1 aromatic heterocycles. The lowest BCUT2D eigenvalue weighted by Crippen LogP contribution is -2.40. The maximum atomic E-state index is 12.8. The van der Waals surface area contributed by atoms with Crippen molar-refractivity contribution in [1.82, 2.24) is 9.13 Å². The summed E-state index contributed by atoms with van der Waals surface area (Å²) in [7, 11) is 0. The van der Waals surface area contributed by atoms with Gasteiger partial charge >= 0.3 is 11.7 Å². The molecule has 0 radical (unpaired) electrons. The van der Waals surface area contributed by atoms with E-state index in [1.54, 1.807) is 15.5 Å². The van der Waals surface area contributed by atoms with E-state index in [4.69, 9.17) is 4.74 Å². The Morgan fingerprint density at radius 1 is 0.967 bits per heavy atom. The van der Waals surface area contributed by atoms with Gasteiger partial charge in [-0.3, -0.25) is 18.7 Å². The lowest BCUT2D eigenvalue weighted by molar-refractivity contribution is -0.148. The molecule has 158 valence electrons. The molecule has 0 spiro atoms. The largest absolute Gasteiger partial charge is 0.454 e. The van der Waals surface area contributed by atoms with Crippen LogP contribution >= 0.6 is 0 Å². The molecule has 0 saturated heterocycles. The van der Waals surface area contributed by atoms with Crippen molar-refractivity contribution in [2.75, 3.05) is 11.5 Å². The minimum absolute atomic E-state index is 0.0896. The van der Waals surface area contributed by atoms with E-state index in [0.717, 1.165) is 17.6 Å². The normalized spacial score (nSPS) is 11.1. The predicted octanol–water partition coefficient (Wildman–Crippen LogP) is 3.20.